The van der Waals surface area contributed by atoms with Gasteiger partial charge in [-0.05, 0) is 56.3 Å². The summed E-state index contributed by atoms with van der Waals surface area (Å²) in [6, 6.07) is 0. The molecule has 0 atom stereocenters. The summed E-state index contributed by atoms with van der Waals surface area (Å²) in [6.07, 6.45) is 19.8. The van der Waals surface area contributed by atoms with E-state index in [4.69, 9.17) is 0 Å². The molecule has 0 amide bonds. The van der Waals surface area contributed by atoms with Crippen LogP contribution in [0, 0.1) is 17.8 Å². The van der Waals surface area contributed by atoms with E-state index in [1.807, 2.05) is 0 Å². The highest BCUT2D eigenvalue weighted by atomic mass is 14.2. The molecule has 0 radical (unpaired) electrons. The molecule has 16 heavy (non-hydrogen) atoms. The Morgan fingerprint density at radius 3 is 1.88 bits per heavy atom. The van der Waals surface area contributed by atoms with E-state index in [1.165, 1.54) is 64.2 Å². The van der Waals surface area contributed by atoms with E-state index in [-0.39, 0.29) is 0 Å². The van der Waals surface area contributed by atoms with Gasteiger partial charge in [0.1, 0.15) is 0 Å². The van der Waals surface area contributed by atoms with Gasteiger partial charge in [-0.15, -0.1) is 0 Å². The zero-order valence-electron chi connectivity index (χ0n) is 11.0. The van der Waals surface area contributed by atoms with Crippen LogP contribution in [0.4, 0.5) is 0 Å². The average Bonchev–Trinajstić information content (AvgIpc) is 2.38. The highest BCUT2D eigenvalue weighted by Gasteiger charge is 2.18. The maximum atomic E-state index is 2.57. The summed E-state index contributed by atoms with van der Waals surface area (Å²) in [5.41, 5.74) is 0. The van der Waals surface area contributed by atoms with Crippen LogP contribution in [0.3, 0.4) is 0 Å². The fourth-order valence-electron chi connectivity index (χ4n) is 3.43. The van der Waals surface area contributed by atoms with Crippen LogP contribution in [0.1, 0.15) is 71.1 Å². The Morgan fingerprint density at radius 2 is 1.31 bits per heavy atom. The molecule has 0 saturated heterocycles. The Labute approximate surface area is 102 Å². The molecular formula is C16H28. The predicted octanol–water partition coefficient (Wildman–Crippen LogP) is 5.34. The summed E-state index contributed by atoms with van der Waals surface area (Å²) < 4.78 is 0. The molecule has 0 aromatic heterocycles. The summed E-state index contributed by atoms with van der Waals surface area (Å²) in [7, 11) is 0. The van der Waals surface area contributed by atoms with E-state index in [0.717, 1.165) is 17.8 Å². The number of rotatable bonds is 3. The van der Waals surface area contributed by atoms with Gasteiger partial charge in [-0.2, -0.15) is 0 Å². The van der Waals surface area contributed by atoms with Crippen LogP contribution in [0.5, 0.6) is 0 Å². The van der Waals surface area contributed by atoms with Gasteiger partial charge >= 0.3 is 0 Å². The lowest BCUT2D eigenvalue weighted by molar-refractivity contribution is 0.302. The molecule has 0 aliphatic heterocycles. The van der Waals surface area contributed by atoms with Gasteiger partial charge in [-0.1, -0.05) is 44.8 Å². The molecule has 0 heterocycles. The van der Waals surface area contributed by atoms with Crippen molar-refractivity contribution in [2.75, 3.05) is 0 Å². The first-order valence-electron chi connectivity index (χ1n) is 7.56. The summed E-state index contributed by atoms with van der Waals surface area (Å²) in [4.78, 5) is 0. The van der Waals surface area contributed by atoms with Gasteiger partial charge in [0.2, 0.25) is 0 Å². The molecular weight excluding hydrogens is 192 g/mol. The Hall–Kier alpha value is -0.260. The van der Waals surface area contributed by atoms with Gasteiger partial charge in [0.15, 0.2) is 0 Å². The average molecular weight is 220 g/mol. The Morgan fingerprint density at radius 1 is 0.750 bits per heavy atom. The summed E-state index contributed by atoms with van der Waals surface area (Å²) in [6.45, 7) is 2.35. The first-order chi connectivity index (χ1) is 7.88. The molecule has 0 unspecified atom stereocenters. The van der Waals surface area contributed by atoms with Crippen LogP contribution in [0.2, 0.25) is 0 Å². The molecule has 2 rings (SSSR count). The number of hydrogen-bond donors (Lipinski definition) is 0. The lowest BCUT2D eigenvalue weighted by Gasteiger charge is -2.26. The number of hydrogen-bond acceptors (Lipinski definition) is 0. The van der Waals surface area contributed by atoms with E-state index in [0.29, 0.717) is 0 Å². The third kappa shape index (κ3) is 3.64. The smallest absolute Gasteiger partial charge is 0.0233 e. The van der Waals surface area contributed by atoms with Crippen molar-refractivity contribution >= 4 is 0 Å². The Balaban J connectivity index is 1.71. The number of allylic oxidation sites excluding steroid dienone is 2. The van der Waals surface area contributed by atoms with Crippen molar-refractivity contribution in [2.45, 2.75) is 71.1 Å². The second-order valence-electron chi connectivity index (χ2n) is 5.97. The molecule has 0 aromatic rings. The molecule has 0 nitrogen and oxygen atoms in total. The second kappa shape index (κ2) is 6.47. The largest absolute Gasteiger partial charge is 0.0851 e. The lowest BCUT2D eigenvalue weighted by Crippen LogP contribution is -2.12. The van der Waals surface area contributed by atoms with Crippen LogP contribution in [-0.4, -0.2) is 0 Å². The lowest BCUT2D eigenvalue weighted by atomic mass is 9.80. The minimum absolute atomic E-state index is 0.921. The van der Waals surface area contributed by atoms with E-state index >= 15 is 0 Å². The maximum Gasteiger partial charge on any atom is -0.0233 e. The third-order valence-corrected chi connectivity index (χ3v) is 4.77. The molecule has 2 aliphatic rings. The molecule has 2 saturated carbocycles. The van der Waals surface area contributed by atoms with Crippen LogP contribution in [0.15, 0.2) is 12.2 Å². The molecule has 2 aliphatic carbocycles. The zero-order chi connectivity index (χ0) is 11.2. The SMILES string of the molecule is CCC1CCC(C=CC2CCCCC2)CC1. The summed E-state index contributed by atoms with van der Waals surface area (Å²) >= 11 is 0. The highest BCUT2D eigenvalue weighted by Crippen LogP contribution is 2.32. The Bertz CT molecular complexity index is 202. The molecule has 92 valence electrons. The van der Waals surface area contributed by atoms with Gasteiger partial charge in [0.25, 0.3) is 0 Å². The first-order valence-corrected chi connectivity index (χ1v) is 7.56. The fourth-order valence-corrected chi connectivity index (χ4v) is 3.43. The second-order valence-corrected chi connectivity index (χ2v) is 5.97. The predicted molar refractivity (Wildman–Crippen MR) is 71.5 cm³/mol. The third-order valence-electron chi connectivity index (χ3n) is 4.77. The monoisotopic (exact) mass is 220 g/mol. The Kier molecular flexibility index (Phi) is 4.93. The summed E-state index contributed by atoms with van der Waals surface area (Å²) in [5, 5.41) is 0. The molecule has 0 spiro atoms. The highest BCUT2D eigenvalue weighted by molar-refractivity contribution is 4.95. The minimum atomic E-state index is 0.921. The van der Waals surface area contributed by atoms with Crippen LogP contribution in [0.25, 0.3) is 0 Å². The van der Waals surface area contributed by atoms with E-state index in [1.54, 1.807) is 0 Å². The van der Waals surface area contributed by atoms with Crippen molar-refractivity contribution in [2.24, 2.45) is 17.8 Å². The van der Waals surface area contributed by atoms with Crippen molar-refractivity contribution in [3.05, 3.63) is 12.2 Å². The van der Waals surface area contributed by atoms with Crippen molar-refractivity contribution in [1.82, 2.24) is 0 Å². The van der Waals surface area contributed by atoms with E-state index in [2.05, 4.69) is 19.1 Å². The molecule has 0 heteroatoms. The molecule has 0 aromatic carbocycles. The topological polar surface area (TPSA) is 0 Å². The van der Waals surface area contributed by atoms with Crippen LogP contribution in [-0.2, 0) is 0 Å². The molecule has 0 bridgehead atoms. The van der Waals surface area contributed by atoms with Crippen LogP contribution < -0.4 is 0 Å². The maximum absolute atomic E-state index is 2.57. The van der Waals surface area contributed by atoms with E-state index in [9.17, 15) is 0 Å². The van der Waals surface area contributed by atoms with Crippen LogP contribution >= 0.6 is 0 Å². The summed E-state index contributed by atoms with van der Waals surface area (Å²) in [5.74, 6) is 2.89. The van der Waals surface area contributed by atoms with E-state index < -0.39 is 0 Å². The van der Waals surface area contributed by atoms with Gasteiger partial charge in [-0.3, -0.25) is 0 Å². The standard InChI is InChI=1S/C16H28/c1-2-14-8-10-16(11-9-14)13-12-15-6-4-3-5-7-15/h12-16H,2-11H2,1H3. The van der Waals surface area contributed by atoms with Gasteiger partial charge < -0.3 is 0 Å². The molecule has 2 fully saturated rings. The van der Waals surface area contributed by atoms with Crippen molar-refractivity contribution in [3.63, 3.8) is 0 Å². The van der Waals surface area contributed by atoms with Gasteiger partial charge in [0, 0.05) is 0 Å². The minimum Gasteiger partial charge on any atom is -0.0851 e. The van der Waals surface area contributed by atoms with Gasteiger partial charge in [-0.25, -0.2) is 0 Å². The zero-order valence-corrected chi connectivity index (χ0v) is 11.0. The van der Waals surface area contributed by atoms with Gasteiger partial charge in [0.05, 0.1) is 0 Å². The fraction of sp³-hybridized carbons (Fsp3) is 0.875. The van der Waals surface area contributed by atoms with Crippen molar-refractivity contribution in [3.8, 4) is 0 Å². The normalized spacial score (nSPS) is 33.3. The van der Waals surface area contributed by atoms with Crippen molar-refractivity contribution < 1.29 is 0 Å². The molecule has 0 N–H and O–H groups in total. The first kappa shape index (κ1) is 12.2. The quantitative estimate of drug-likeness (QED) is 0.563. The van der Waals surface area contributed by atoms with Crippen molar-refractivity contribution in [1.29, 1.82) is 0 Å².